The molecular weight excluding hydrogens is 220 g/mol. The predicted octanol–water partition coefficient (Wildman–Crippen LogP) is 1.52. The van der Waals surface area contributed by atoms with Crippen LogP contribution in [0, 0.1) is 6.92 Å². The first kappa shape index (κ1) is 11.3. The Hall–Kier alpha value is -1.20. The molecule has 4 nitrogen and oxygen atoms in total. The first-order valence-corrected chi connectivity index (χ1v) is 6.16. The van der Waals surface area contributed by atoms with Gasteiger partial charge in [-0.2, -0.15) is 5.10 Å². The van der Waals surface area contributed by atoms with Crippen molar-refractivity contribution in [2.45, 2.75) is 19.9 Å². The molecule has 0 radical (unpaired) electrons. The van der Waals surface area contributed by atoms with E-state index in [1.165, 1.54) is 10.6 Å². The quantitative estimate of drug-likeness (QED) is 0.800. The second kappa shape index (κ2) is 5.23. The van der Waals surface area contributed by atoms with Gasteiger partial charge in [-0.25, -0.2) is 4.98 Å². The number of hydrogen-bond acceptors (Lipinski definition) is 4. The molecule has 16 heavy (non-hydrogen) atoms. The second-order valence-corrected chi connectivity index (χ2v) is 5.04. The predicted molar refractivity (Wildman–Crippen MR) is 65.5 cm³/mol. The molecule has 0 spiro atoms. The fourth-order valence-corrected chi connectivity index (χ4v) is 2.32. The number of hydrogen-bond donors (Lipinski definition) is 1. The maximum Gasteiger partial charge on any atom is 0.0896 e. The van der Waals surface area contributed by atoms with Crippen LogP contribution in [0.1, 0.15) is 15.6 Å². The minimum absolute atomic E-state index is 0.869. The van der Waals surface area contributed by atoms with Crippen LogP contribution in [0.4, 0.5) is 0 Å². The largest absolute Gasteiger partial charge is 0.311 e. The van der Waals surface area contributed by atoms with Crippen molar-refractivity contribution in [1.82, 2.24) is 20.1 Å². The Morgan fingerprint density at radius 2 is 2.38 bits per heavy atom. The fraction of sp³-hybridized carbons (Fsp3) is 0.455. The molecule has 0 aliphatic heterocycles. The molecule has 0 atom stereocenters. The zero-order chi connectivity index (χ0) is 11.4. The van der Waals surface area contributed by atoms with E-state index in [4.69, 9.17) is 0 Å². The van der Waals surface area contributed by atoms with Crippen LogP contribution in [-0.2, 0) is 20.0 Å². The van der Waals surface area contributed by atoms with E-state index in [9.17, 15) is 0 Å². The molecule has 0 amide bonds. The molecule has 0 unspecified atom stereocenters. The van der Waals surface area contributed by atoms with Crippen molar-refractivity contribution < 1.29 is 0 Å². The molecule has 86 valence electrons. The highest BCUT2D eigenvalue weighted by atomic mass is 32.1. The van der Waals surface area contributed by atoms with Gasteiger partial charge in [0.15, 0.2) is 0 Å². The summed E-state index contributed by atoms with van der Waals surface area (Å²) < 4.78 is 1.89. The minimum Gasteiger partial charge on any atom is -0.311 e. The molecule has 2 heterocycles. The molecule has 0 aliphatic carbocycles. The molecule has 0 aromatic carbocycles. The lowest BCUT2D eigenvalue weighted by Gasteiger charge is -2.03. The van der Waals surface area contributed by atoms with Crippen molar-refractivity contribution in [3.8, 4) is 0 Å². The smallest absolute Gasteiger partial charge is 0.0896 e. The Kier molecular flexibility index (Phi) is 3.69. The van der Waals surface area contributed by atoms with E-state index in [2.05, 4.69) is 15.4 Å². The molecule has 2 rings (SSSR count). The first-order chi connectivity index (χ1) is 7.75. The number of aryl methyl sites for hydroxylation is 2. The standard InChI is InChI=1S/C11H16N4S/c1-9-13-8-11(16-9)4-5-12-7-10-3-6-14-15(10)2/h3,6,8,12H,4-5,7H2,1-2H3. The van der Waals surface area contributed by atoms with Gasteiger partial charge in [-0.05, 0) is 19.4 Å². The zero-order valence-corrected chi connectivity index (χ0v) is 10.4. The number of thiazole rings is 1. The second-order valence-electron chi connectivity index (χ2n) is 3.72. The topological polar surface area (TPSA) is 42.7 Å². The Morgan fingerprint density at radius 3 is 3.00 bits per heavy atom. The average Bonchev–Trinajstić information content (AvgIpc) is 2.83. The van der Waals surface area contributed by atoms with Crippen molar-refractivity contribution in [2.75, 3.05) is 6.54 Å². The van der Waals surface area contributed by atoms with Gasteiger partial charge in [-0.3, -0.25) is 4.68 Å². The Balaban J connectivity index is 1.71. The van der Waals surface area contributed by atoms with Crippen molar-refractivity contribution >= 4 is 11.3 Å². The summed E-state index contributed by atoms with van der Waals surface area (Å²) in [4.78, 5) is 5.58. The Bertz CT molecular complexity index is 446. The van der Waals surface area contributed by atoms with Crippen LogP contribution < -0.4 is 5.32 Å². The van der Waals surface area contributed by atoms with Gasteiger partial charge in [0, 0.05) is 37.4 Å². The average molecular weight is 236 g/mol. The molecule has 0 saturated heterocycles. The highest BCUT2D eigenvalue weighted by Crippen LogP contribution is 2.11. The third kappa shape index (κ3) is 2.90. The fourth-order valence-electron chi connectivity index (χ4n) is 1.52. The van der Waals surface area contributed by atoms with E-state index in [-0.39, 0.29) is 0 Å². The summed E-state index contributed by atoms with van der Waals surface area (Å²) in [5.74, 6) is 0. The maximum absolute atomic E-state index is 4.24. The summed E-state index contributed by atoms with van der Waals surface area (Å²) >= 11 is 1.77. The van der Waals surface area contributed by atoms with Gasteiger partial charge >= 0.3 is 0 Å². The normalized spacial score (nSPS) is 10.9. The van der Waals surface area contributed by atoms with Gasteiger partial charge < -0.3 is 5.32 Å². The van der Waals surface area contributed by atoms with E-state index in [1.807, 2.05) is 37.1 Å². The van der Waals surface area contributed by atoms with Crippen LogP contribution in [0.25, 0.3) is 0 Å². The van der Waals surface area contributed by atoms with Crippen LogP contribution in [0.15, 0.2) is 18.5 Å². The summed E-state index contributed by atoms with van der Waals surface area (Å²) in [5.41, 5.74) is 1.21. The van der Waals surface area contributed by atoms with Crippen molar-refractivity contribution in [1.29, 1.82) is 0 Å². The molecule has 0 bridgehead atoms. The minimum atomic E-state index is 0.869. The van der Waals surface area contributed by atoms with Gasteiger partial charge in [0.05, 0.1) is 10.7 Å². The third-order valence-electron chi connectivity index (χ3n) is 2.45. The zero-order valence-electron chi connectivity index (χ0n) is 9.60. The van der Waals surface area contributed by atoms with E-state index in [1.54, 1.807) is 11.3 Å². The van der Waals surface area contributed by atoms with E-state index in [0.29, 0.717) is 0 Å². The molecular formula is C11H16N4S. The molecule has 0 fully saturated rings. The summed E-state index contributed by atoms with van der Waals surface area (Å²) in [5, 5.41) is 8.67. The molecule has 0 aliphatic rings. The van der Waals surface area contributed by atoms with Gasteiger partial charge in [-0.1, -0.05) is 0 Å². The molecule has 2 aromatic rings. The molecule has 2 aromatic heterocycles. The third-order valence-corrected chi connectivity index (χ3v) is 3.42. The lowest BCUT2D eigenvalue weighted by atomic mass is 10.3. The van der Waals surface area contributed by atoms with E-state index >= 15 is 0 Å². The molecule has 5 heteroatoms. The van der Waals surface area contributed by atoms with Gasteiger partial charge in [-0.15, -0.1) is 11.3 Å². The lowest BCUT2D eigenvalue weighted by Crippen LogP contribution is -2.18. The number of aromatic nitrogens is 3. The number of nitrogens with one attached hydrogen (secondary N) is 1. The van der Waals surface area contributed by atoms with Gasteiger partial charge in [0.2, 0.25) is 0 Å². The van der Waals surface area contributed by atoms with Crippen LogP contribution in [-0.4, -0.2) is 21.3 Å². The molecule has 1 N–H and O–H groups in total. The molecule has 0 saturated carbocycles. The van der Waals surface area contributed by atoms with Crippen molar-refractivity contribution in [3.63, 3.8) is 0 Å². The Labute approximate surface area is 99.3 Å². The van der Waals surface area contributed by atoms with Crippen LogP contribution >= 0.6 is 11.3 Å². The SMILES string of the molecule is Cc1ncc(CCNCc2ccnn2C)s1. The summed E-state index contributed by atoms with van der Waals surface area (Å²) in [7, 11) is 1.96. The van der Waals surface area contributed by atoms with Crippen molar-refractivity contribution in [3.05, 3.63) is 34.0 Å². The summed E-state index contributed by atoms with van der Waals surface area (Å²) in [6.45, 7) is 3.89. The number of nitrogens with zero attached hydrogens (tertiary/aromatic N) is 3. The summed E-state index contributed by atoms with van der Waals surface area (Å²) in [6.07, 6.45) is 4.83. The monoisotopic (exact) mass is 236 g/mol. The van der Waals surface area contributed by atoms with Gasteiger partial charge in [0.1, 0.15) is 0 Å². The number of rotatable bonds is 5. The highest BCUT2D eigenvalue weighted by Gasteiger charge is 1.99. The van der Waals surface area contributed by atoms with Crippen LogP contribution in [0.2, 0.25) is 0 Å². The first-order valence-electron chi connectivity index (χ1n) is 5.34. The van der Waals surface area contributed by atoms with E-state index in [0.717, 1.165) is 24.5 Å². The maximum atomic E-state index is 4.24. The van der Waals surface area contributed by atoms with E-state index < -0.39 is 0 Å². The summed E-state index contributed by atoms with van der Waals surface area (Å²) in [6, 6.07) is 2.03. The highest BCUT2D eigenvalue weighted by molar-refractivity contribution is 7.11. The van der Waals surface area contributed by atoms with Crippen molar-refractivity contribution in [2.24, 2.45) is 7.05 Å². The van der Waals surface area contributed by atoms with Gasteiger partial charge in [0.25, 0.3) is 0 Å². The van der Waals surface area contributed by atoms with Crippen LogP contribution in [0.3, 0.4) is 0 Å². The Morgan fingerprint density at radius 1 is 1.50 bits per heavy atom. The van der Waals surface area contributed by atoms with Crippen LogP contribution in [0.5, 0.6) is 0 Å². The lowest BCUT2D eigenvalue weighted by molar-refractivity contribution is 0.627.